The summed E-state index contributed by atoms with van der Waals surface area (Å²) < 4.78 is 0. The summed E-state index contributed by atoms with van der Waals surface area (Å²) >= 11 is 0. The number of hydrogen-bond acceptors (Lipinski definition) is 1. The Morgan fingerprint density at radius 1 is 1.19 bits per heavy atom. The molecule has 16 heavy (non-hydrogen) atoms. The van der Waals surface area contributed by atoms with E-state index >= 15 is 0 Å². The smallest absolute Gasteiger partial charge is 0.0395 e. The predicted molar refractivity (Wildman–Crippen MR) is 70.0 cm³/mol. The summed E-state index contributed by atoms with van der Waals surface area (Å²) in [6, 6.07) is 10.8. The normalized spacial score (nSPS) is 20.9. The van der Waals surface area contributed by atoms with Crippen molar-refractivity contribution in [1.29, 1.82) is 0 Å². The standard InChI is InChI=1S/C15H21N/c1-15(2,3)14-13(9-10-16-14)11-12-7-5-4-6-8-12/h4-8,13H,9-11H2,1-3H3. The third-order valence-corrected chi connectivity index (χ3v) is 3.24. The van der Waals surface area contributed by atoms with Crippen LogP contribution in [0, 0.1) is 11.3 Å². The number of rotatable bonds is 2. The molecule has 1 aromatic rings. The van der Waals surface area contributed by atoms with Gasteiger partial charge < -0.3 is 0 Å². The molecule has 1 nitrogen and oxygen atoms in total. The Hall–Kier alpha value is -1.11. The van der Waals surface area contributed by atoms with Gasteiger partial charge in [0.25, 0.3) is 0 Å². The van der Waals surface area contributed by atoms with E-state index in [9.17, 15) is 0 Å². The van der Waals surface area contributed by atoms with Gasteiger partial charge in [-0.1, -0.05) is 51.1 Å². The molecule has 0 saturated carbocycles. The van der Waals surface area contributed by atoms with Crippen LogP contribution in [0.15, 0.2) is 35.3 Å². The lowest BCUT2D eigenvalue weighted by Crippen LogP contribution is -2.27. The lowest BCUT2D eigenvalue weighted by molar-refractivity contribution is 0.540. The zero-order chi connectivity index (χ0) is 11.6. The summed E-state index contributed by atoms with van der Waals surface area (Å²) in [7, 11) is 0. The molecule has 0 saturated heterocycles. The van der Waals surface area contributed by atoms with E-state index in [1.807, 2.05) is 0 Å². The van der Waals surface area contributed by atoms with Crippen LogP contribution < -0.4 is 0 Å². The number of benzene rings is 1. The first kappa shape index (κ1) is 11.4. The van der Waals surface area contributed by atoms with E-state index in [2.05, 4.69) is 51.1 Å². The SMILES string of the molecule is CC(C)(C)C1=NCCC1Cc1ccccc1. The molecule has 0 aliphatic carbocycles. The lowest BCUT2D eigenvalue weighted by atomic mass is 9.80. The van der Waals surface area contributed by atoms with Crippen LogP contribution in [-0.2, 0) is 6.42 Å². The second kappa shape index (κ2) is 4.40. The van der Waals surface area contributed by atoms with Gasteiger partial charge in [-0.2, -0.15) is 0 Å². The fourth-order valence-corrected chi connectivity index (χ4v) is 2.55. The number of aliphatic imine (C=N–C) groups is 1. The molecule has 0 fully saturated rings. The average molecular weight is 215 g/mol. The molecule has 1 aromatic carbocycles. The Morgan fingerprint density at radius 2 is 1.88 bits per heavy atom. The monoisotopic (exact) mass is 215 g/mol. The van der Waals surface area contributed by atoms with E-state index in [0.29, 0.717) is 5.92 Å². The third-order valence-electron chi connectivity index (χ3n) is 3.24. The molecule has 86 valence electrons. The number of hydrogen-bond donors (Lipinski definition) is 0. The average Bonchev–Trinajstić information content (AvgIpc) is 2.67. The summed E-state index contributed by atoms with van der Waals surface area (Å²) in [5.74, 6) is 0.655. The van der Waals surface area contributed by atoms with Gasteiger partial charge in [-0.15, -0.1) is 0 Å². The van der Waals surface area contributed by atoms with Crippen molar-refractivity contribution in [3.63, 3.8) is 0 Å². The fraction of sp³-hybridized carbons (Fsp3) is 0.533. The minimum atomic E-state index is 0.232. The molecule has 0 spiro atoms. The van der Waals surface area contributed by atoms with Crippen molar-refractivity contribution in [2.75, 3.05) is 6.54 Å². The molecule has 1 heterocycles. The van der Waals surface area contributed by atoms with Crippen LogP contribution in [0.2, 0.25) is 0 Å². The van der Waals surface area contributed by atoms with Crippen LogP contribution in [0.3, 0.4) is 0 Å². The molecule has 1 atom stereocenters. The van der Waals surface area contributed by atoms with Gasteiger partial charge in [-0.05, 0) is 18.4 Å². The van der Waals surface area contributed by atoms with E-state index < -0.39 is 0 Å². The van der Waals surface area contributed by atoms with Gasteiger partial charge in [-0.25, -0.2) is 0 Å². The number of nitrogens with zero attached hydrogens (tertiary/aromatic N) is 1. The van der Waals surface area contributed by atoms with E-state index in [0.717, 1.165) is 13.0 Å². The first-order valence-electron chi connectivity index (χ1n) is 6.16. The van der Waals surface area contributed by atoms with Crippen LogP contribution >= 0.6 is 0 Å². The van der Waals surface area contributed by atoms with Gasteiger partial charge >= 0.3 is 0 Å². The highest BCUT2D eigenvalue weighted by molar-refractivity contribution is 5.92. The Bertz CT molecular complexity index is 370. The molecule has 1 aliphatic heterocycles. The quantitative estimate of drug-likeness (QED) is 0.712. The summed E-state index contributed by atoms with van der Waals surface area (Å²) in [6.45, 7) is 7.84. The van der Waals surface area contributed by atoms with Crippen molar-refractivity contribution in [3.05, 3.63) is 35.9 Å². The fourth-order valence-electron chi connectivity index (χ4n) is 2.55. The van der Waals surface area contributed by atoms with Crippen molar-refractivity contribution >= 4 is 5.71 Å². The molecule has 0 radical (unpaired) electrons. The van der Waals surface area contributed by atoms with Gasteiger partial charge in [0.1, 0.15) is 0 Å². The minimum absolute atomic E-state index is 0.232. The van der Waals surface area contributed by atoms with Crippen LogP contribution in [0.5, 0.6) is 0 Å². The molecule has 1 heteroatoms. The van der Waals surface area contributed by atoms with Gasteiger partial charge in [0.2, 0.25) is 0 Å². The maximum Gasteiger partial charge on any atom is 0.0395 e. The molecular weight excluding hydrogens is 194 g/mol. The van der Waals surface area contributed by atoms with Crippen LogP contribution in [0.1, 0.15) is 32.8 Å². The van der Waals surface area contributed by atoms with E-state index in [1.54, 1.807) is 0 Å². The van der Waals surface area contributed by atoms with Gasteiger partial charge in [0.15, 0.2) is 0 Å². The molecule has 1 unspecified atom stereocenters. The lowest BCUT2D eigenvalue weighted by Gasteiger charge is -2.24. The summed E-state index contributed by atoms with van der Waals surface area (Å²) in [4.78, 5) is 4.70. The Balaban J connectivity index is 2.09. The molecule has 0 N–H and O–H groups in total. The summed E-state index contributed by atoms with van der Waals surface area (Å²) in [6.07, 6.45) is 2.37. The van der Waals surface area contributed by atoms with Crippen LogP contribution in [-0.4, -0.2) is 12.3 Å². The highest BCUT2D eigenvalue weighted by atomic mass is 14.8. The zero-order valence-electron chi connectivity index (χ0n) is 10.5. The van der Waals surface area contributed by atoms with Gasteiger partial charge in [-0.3, -0.25) is 4.99 Å². The zero-order valence-corrected chi connectivity index (χ0v) is 10.5. The first-order valence-corrected chi connectivity index (χ1v) is 6.16. The van der Waals surface area contributed by atoms with Gasteiger partial charge in [0, 0.05) is 23.6 Å². The van der Waals surface area contributed by atoms with Crippen molar-refractivity contribution in [2.24, 2.45) is 16.3 Å². The molecule has 0 bridgehead atoms. The third kappa shape index (κ3) is 2.52. The van der Waals surface area contributed by atoms with Crippen LogP contribution in [0.25, 0.3) is 0 Å². The van der Waals surface area contributed by atoms with Crippen LogP contribution in [0.4, 0.5) is 0 Å². The summed E-state index contributed by atoms with van der Waals surface area (Å²) in [5, 5.41) is 0. The Morgan fingerprint density at radius 3 is 2.50 bits per heavy atom. The van der Waals surface area contributed by atoms with Gasteiger partial charge in [0.05, 0.1) is 0 Å². The Labute approximate surface area is 98.6 Å². The highest BCUT2D eigenvalue weighted by Gasteiger charge is 2.30. The minimum Gasteiger partial charge on any atom is -0.293 e. The molecular formula is C15H21N. The Kier molecular flexibility index (Phi) is 3.13. The topological polar surface area (TPSA) is 12.4 Å². The van der Waals surface area contributed by atoms with Crippen molar-refractivity contribution in [3.8, 4) is 0 Å². The van der Waals surface area contributed by atoms with Crippen molar-refractivity contribution < 1.29 is 0 Å². The highest BCUT2D eigenvalue weighted by Crippen LogP contribution is 2.30. The molecule has 1 aliphatic rings. The maximum absolute atomic E-state index is 4.70. The largest absolute Gasteiger partial charge is 0.293 e. The van der Waals surface area contributed by atoms with Crippen molar-refractivity contribution in [2.45, 2.75) is 33.6 Å². The maximum atomic E-state index is 4.70. The van der Waals surface area contributed by atoms with E-state index in [4.69, 9.17) is 4.99 Å². The van der Waals surface area contributed by atoms with Crippen molar-refractivity contribution in [1.82, 2.24) is 0 Å². The summed E-state index contributed by atoms with van der Waals surface area (Å²) in [5.41, 5.74) is 3.08. The molecule has 0 aromatic heterocycles. The molecule has 2 rings (SSSR count). The second-order valence-corrected chi connectivity index (χ2v) is 5.69. The van der Waals surface area contributed by atoms with E-state index in [1.165, 1.54) is 17.7 Å². The first-order chi connectivity index (χ1) is 7.57. The predicted octanol–water partition coefficient (Wildman–Crippen LogP) is 3.74. The second-order valence-electron chi connectivity index (χ2n) is 5.69. The van der Waals surface area contributed by atoms with E-state index in [-0.39, 0.29) is 5.41 Å². The molecule has 0 amide bonds.